The van der Waals surface area contributed by atoms with Crippen molar-refractivity contribution in [3.8, 4) is 5.75 Å². The third kappa shape index (κ3) is 3.54. The van der Waals surface area contributed by atoms with Crippen molar-refractivity contribution in [2.24, 2.45) is 0 Å². The minimum absolute atomic E-state index is 0.737. The van der Waals surface area contributed by atoms with Crippen LogP contribution in [0.2, 0.25) is 0 Å². The van der Waals surface area contributed by atoms with Crippen molar-refractivity contribution < 1.29 is 9.15 Å². The van der Waals surface area contributed by atoms with E-state index in [4.69, 9.17) is 9.15 Å². The number of nitrogens with zero attached hydrogens (tertiary/aromatic N) is 1. The summed E-state index contributed by atoms with van der Waals surface area (Å²) in [4.78, 5) is 2.15. The minimum Gasteiger partial charge on any atom is -0.497 e. The van der Waals surface area contributed by atoms with Crippen molar-refractivity contribution in [2.45, 2.75) is 20.0 Å². The van der Waals surface area contributed by atoms with E-state index in [0.29, 0.717) is 0 Å². The first-order valence-corrected chi connectivity index (χ1v) is 6.85. The number of hydrogen-bond acceptors (Lipinski definition) is 4. The quantitative estimate of drug-likeness (QED) is 0.842. The fourth-order valence-electron chi connectivity index (χ4n) is 2.08. The molecule has 0 saturated carbocycles. The average Bonchev–Trinajstić information content (AvgIpc) is 2.92. The van der Waals surface area contributed by atoms with Gasteiger partial charge < -0.3 is 19.4 Å². The second-order valence-corrected chi connectivity index (χ2v) is 4.71. The lowest BCUT2D eigenvalue weighted by molar-refractivity contribution is 0.414. The van der Waals surface area contributed by atoms with Crippen LogP contribution in [-0.2, 0) is 13.1 Å². The van der Waals surface area contributed by atoms with Crippen LogP contribution >= 0.6 is 0 Å². The number of rotatable bonds is 7. The zero-order valence-electron chi connectivity index (χ0n) is 12.3. The number of nitrogens with one attached hydrogen (secondary N) is 1. The van der Waals surface area contributed by atoms with Crippen LogP contribution in [0.15, 0.2) is 41.0 Å². The van der Waals surface area contributed by atoms with Crippen LogP contribution in [0.1, 0.15) is 18.2 Å². The number of hydrogen-bond donors (Lipinski definition) is 1. The standard InChI is InChI=1S/C16H22N2O2/c1-4-17-11-13-8-9-20-16(13)12-18(2)14-6-5-7-15(10-14)19-3/h5-10,17H,4,11-12H2,1-3H3. The predicted molar refractivity (Wildman–Crippen MR) is 81.2 cm³/mol. The maximum Gasteiger partial charge on any atom is 0.127 e. The highest BCUT2D eigenvalue weighted by molar-refractivity contribution is 5.50. The SMILES string of the molecule is CCNCc1ccoc1CN(C)c1cccc(OC)c1. The summed E-state index contributed by atoms with van der Waals surface area (Å²) in [5.74, 6) is 1.86. The predicted octanol–water partition coefficient (Wildman–Crippen LogP) is 3.03. The van der Waals surface area contributed by atoms with Crippen molar-refractivity contribution in [2.75, 3.05) is 25.6 Å². The molecule has 2 aromatic rings. The van der Waals surface area contributed by atoms with Gasteiger partial charge in [0.15, 0.2) is 0 Å². The molecule has 0 amide bonds. The van der Waals surface area contributed by atoms with Gasteiger partial charge in [0.05, 0.1) is 19.9 Å². The number of furan rings is 1. The second kappa shape index (κ2) is 7.01. The van der Waals surface area contributed by atoms with E-state index >= 15 is 0 Å². The van der Waals surface area contributed by atoms with Gasteiger partial charge in [-0.3, -0.25) is 0 Å². The highest BCUT2D eigenvalue weighted by Gasteiger charge is 2.10. The van der Waals surface area contributed by atoms with Gasteiger partial charge in [0.2, 0.25) is 0 Å². The molecule has 0 aliphatic carbocycles. The Morgan fingerprint density at radius 2 is 2.15 bits per heavy atom. The Morgan fingerprint density at radius 3 is 2.90 bits per heavy atom. The van der Waals surface area contributed by atoms with Crippen molar-refractivity contribution in [3.05, 3.63) is 47.9 Å². The molecular weight excluding hydrogens is 252 g/mol. The molecule has 0 spiro atoms. The molecule has 0 unspecified atom stereocenters. The first-order chi connectivity index (χ1) is 9.74. The van der Waals surface area contributed by atoms with E-state index in [-0.39, 0.29) is 0 Å². The molecule has 0 atom stereocenters. The Bertz CT molecular complexity index is 537. The lowest BCUT2D eigenvalue weighted by Gasteiger charge is -2.19. The first-order valence-electron chi connectivity index (χ1n) is 6.85. The molecule has 0 aliphatic heterocycles. The summed E-state index contributed by atoms with van der Waals surface area (Å²) in [5, 5.41) is 3.32. The van der Waals surface area contributed by atoms with E-state index in [0.717, 1.165) is 36.8 Å². The maximum absolute atomic E-state index is 5.60. The van der Waals surface area contributed by atoms with Crippen LogP contribution in [0.3, 0.4) is 0 Å². The summed E-state index contributed by atoms with van der Waals surface area (Å²) in [5.41, 5.74) is 2.32. The van der Waals surface area contributed by atoms with E-state index in [1.54, 1.807) is 13.4 Å². The Labute approximate surface area is 120 Å². The molecule has 1 heterocycles. The first kappa shape index (κ1) is 14.5. The molecule has 4 heteroatoms. The molecule has 1 N–H and O–H groups in total. The summed E-state index contributed by atoms with van der Waals surface area (Å²) in [6.45, 7) is 4.63. The summed E-state index contributed by atoms with van der Waals surface area (Å²) in [6, 6.07) is 10.0. The molecule has 2 rings (SSSR count). The maximum atomic E-state index is 5.60. The Morgan fingerprint density at radius 1 is 1.30 bits per heavy atom. The van der Waals surface area contributed by atoms with Crippen molar-refractivity contribution >= 4 is 5.69 Å². The van der Waals surface area contributed by atoms with E-state index in [2.05, 4.69) is 23.2 Å². The highest BCUT2D eigenvalue weighted by atomic mass is 16.5. The molecule has 108 valence electrons. The van der Waals surface area contributed by atoms with Gasteiger partial charge in [0.1, 0.15) is 11.5 Å². The van der Waals surface area contributed by atoms with Crippen molar-refractivity contribution in [1.82, 2.24) is 5.32 Å². The van der Waals surface area contributed by atoms with Gasteiger partial charge in [0.25, 0.3) is 0 Å². The fraction of sp³-hybridized carbons (Fsp3) is 0.375. The summed E-state index contributed by atoms with van der Waals surface area (Å²) in [7, 11) is 3.73. The molecule has 0 saturated heterocycles. The highest BCUT2D eigenvalue weighted by Crippen LogP contribution is 2.22. The second-order valence-electron chi connectivity index (χ2n) is 4.71. The van der Waals surface area contributed by atoms with Gasteiger partial charge in [-0.25, -0.2) is 0 Å². The zero-order valence-corrected chi connectivity index (χ0v) is 12.3. The Kier molecular flexibility index (Phi) is 5.07. The van der Waals surface area contributed by atoms with Crippen LogP contribution in [0.4, 0.5) is 5.69 Å². The van der Waals surface area contributed by atoms with Crippen LogP contribution in [0.5, 0.6) is 5.75 Å². The van der Waals surface area contributed by atoms with Gasteiger partial charge >= 0.3 is 0 Å². The Balaban J connectivity index is 2.07. The molecule has 1 aromatic carbocycles. The molecule has 20 heavy (non-hydrogen) atoms. The summed E-state index contributed by atoms with van der Waals surface area (Å²) >= 11 is 0. The number of methoxy groups -OCH3 is 1. The normalized spacial score (nSPS) is 10.6. The third-order valence-corrected chi connectivity index (χ3v) is 3.28. The van der Waals surface area contributed by atoms with Crippen LogP contribution in [0, 0.1) is 0 Å². The Hall–Kier alpha value is -1.94. The minimum atomic E-state index is 0.737. The third-order valence-electron chi connectivity index (χ3n) is 3.28. The van der Waals surface area contributed by atoms with E-state index in [1.807, 2.05) is 31.3 Å². The van der Waals surface area contributed by atoms with Gasteiger partial charge in [-0.15, -0.1) is 0 Å². The molecule has 0 fully saturated rings. The number of benzene rings is 1. The molecule has 4 nitrogen and oxygen atoms in total. The smallest absolute Gasteiger partial charge is 0.127 e. The fourth-order valence-corrected chi connectivity index (χ4v) is 2.08. The van der Waals surface area contributed by atoms with Crippen LogP contribution in [0.25, 0.3) is 0 Å². The lowest BCUT2D eigenvalue weighted by atomic mass is 10.2. The van der Waals surface area contributed by atoms with Crippen LogP contribution in [-0.4, -0.2) is 20.7 Å². The van der Waals surface area contributed by atoms with E-state index < -0.39 is 0 Å². The largest absolute Gasteiger partial charge is 0.497 e. The molecule has 0 bridgehead atoms. The number of ether oxygens (including phenoxy) is 1. The van der Waals surface area contributed by atoms with Crippen LogP contribution < -0.4 is 15.0 Å². The van der Waals surface area contributed by atoms with Gasteiger partial charge in [-0.1, -0.05) is 13.0 Å². The van der Waals surface area contributed by atoms with E-state index in [1.165, 1.54) is 5.56 Å². The van der Waals surface area contributed by atoms with E-state index in [9.17, 15) is 0 Å². The number of anilines is 1. The molecule has 0 aliphatic rings. The molecular formula is C16H22N2O2. The van der Waals surface area contributed by atoms with Gasteiger partial charge in [-0.05, 0) is 24.7 Å². The monoisotopic (exact) mass is 274 g/mol. The van der Waals surface area contributed by atoms with Crippen molar-refractivity contribution in [1.29, 1.82) is 0 Å². The topological polar surface area (TPSA) is 37.6 Å². The lowest BCUT2D eigenvalue weighted by Crippen LogP contribution is -2.18. The van der Waals surface area contributed by atoms with Gasteiger partial charge in [-0.2, -0.15) is 0 Å². The summed E-state index contributed by atoms with van der Waals surface area (Å²) in [6.07, 6.45) is 1.75. The zero-order chi connectivity index (χ0) is 14.4. The van der Waals surface area contributed by atoms with Crippen molar-refractivity contribution in [3.63, 3.8) is 0 Å². The average molecular weight is 274 g/mol. The molecule has 1 aromatic heterocycles. The summed E-state index contributed by atoms with van der Waals surface area (Å²) < 4.78 is 10.9. The van der Waals surface area contributed by atoms with Gasteiger partial charge in [0, 0.05) is 30.9 Å². The molecule has 0 radical (unpaired) electrons.